The first-order valence-electron chi connectivity index (χ1n) is 14.2. The van der Waals surface area contributed by atoms with Crippen molar-refractivity contribution in [2.45, 2.75) is 70.4 Å². The van der Waals surface area contributed by atoms with Crippen LogP contribution in [0.4, 0.5) is 0 Å². The zero-order valence-electron chi connectivity index (χ0n) is 23.1. The number of amides is 1. The van der Waals surface area contributed by atoms with Gasteiger partial charge in [-0.1, -0.05) is 30.2 Å². The molecule has 0 spiro atoms. The van der Waals surface area contributed by atoms with Crippen molar-refractivity contribution in [3.63, 3.8) is 0 Å². The van der Waals surface area contributed by atoms with Crippen LogP contribution >= 0.6 is 0 Å². The zero-order chi connectivity index (χ0) is 26.8. The van der Waals surface area contributed by atoms with Gasteiger partial charge in [0.25, 0.3) is 0 Å². The average molecular weight is 525 g/mol. The van der Waals surface area contributed by atoms with E-state index in [2.05, 4.69) is 24.0 Å². The number of aliphatic hydroxyl groups is 1. The number of hydrogen-bond donors (Lipinski definition) is 1. The quantitative estimate of drug-likeness (QED) is 0.419. The van der Waals surface area contributed by atoms with Crippen molar-refractivity contribution >= 4 is 5.91 Å². The molecular weight excluding hydrogens is 480 g/mol. The summed E-state index contributed by atoms with van der Waals surface area (Å²) in [5.74, 6) is 2.53. The van der Waals surface area contributed by atoms with Gasteiger partial charge in [-0.3, -0.25) is 9.69 Å². The summed E-state index contributed by atoms with van der Waals surface area (Å²) in [6.45, 7) is 7.03. The summed E-state index contributed by atoms with van der Waals surface area (Å²) in [5, 5.41) is 11.2. The third-order valence-electron chi connectivity index (χ3n) is 7.67. The number of carbonyl (C=O) groups is 1. The monoisotopic (exact) mass is 524 g/mol. The number of rotatable bonds is 11. The SMILES string of the molecule is COc1ccc(CN2CCC[C@](O)(COc3ccc(C)cc3)CC2)cc1OCCCN1CCCCCC1=O. The van der Waals surface area contributed by atoms with Crippen LogP contribution in [-0.2, 0) is 11.3 Å². The van der Waals surface area contributed by atoms with E-state index in [1.54, 1.807) is 7.11 Å². The van der Waals surface area contributed by atoms with Crippen LogP contribution in [0.15, 0.2) is 42.5 Å². The predicted molar refractivity (Wildman–Crippen MR) is 149 cm³/mol. The van der Waals surface area contributed by atoms with Gasteiger partial charge in [0.2, 0.25) is 5.91 Å². The topological polar surface area (TPSA) is 71.5 Å². The Labute approximate surface area is 227 Å². The first kappa shape index (κ1) is 28.2. The van der Waals surface area contributed by atoms with Gasteiger partial charge in [0, 0.05) is 32.6 Å². The molecular formula is C31H44N2O5. The molecule has 7 nitrogen and oxygen atoms in total. The minimum Gasteiger partial charge on any atom is -0.493 e. The molecule has 7 heteroatoms. The molecule has 2 fully saturated rings. The summed E-state index contributed by atoms with van der Waals surface area (Å²) in [6, 6.07) is 14.1. The van der Waals surface area contributed by atoms with E-state index in [0.29, 0.717) is 26.1 Å². The molecule has 0 aromatic heterocycles. The molecule has 2 saturated heterocycles. The number of nitrogens with zero attached hydrogens (tertiary/aromatic N) is 2. The van der Waals surface area contributed by atoms with Gasteiger partial charge >= 0.3 is 0 Å². The molecule has 4 rings (SSSR count). The van der Waals surface area contributed by atoms with Gasteiger partial charge < -0.3 is 24.2 Å². The number of ether oxygens (including phenoxy) is 3. The Kier molecular flexibility index (Phi) is 10.3. The molecule has 2 heterocycles. The molecule has 2 aliphatic rings. The van der Waals surface area contributed by atoms with Crippen LogP contribution in [0.2, 0.25) is 0 Å². The first-order chi connectivity index (χ1) is 18.4. The van der Waals surface area contributed by atoms with Crippen LogP contribution in [-0.4, -0.2) is 72.9 Å². The predicted octanol–water partition coefficient (Wildman–Crippen LogP) is 4.97. The van der Waals surface area contributed by atoms with E-state index in [1.165, 1.54) is 5.56 Å². The van der Waals surface area contributed by atoms with Gasteiger partial charge in [0.05, 0.1) is 19.3 Å². The van der Waals surface area contributed by atoms with Crippen molar-refractivity contribution in [2.75, 3.05) is 46.5 Å². The summed E-state index contributed by atoms with van der Waals surface area (Å²) in [6.07, 6.45) is 7.03. The lowest BCUT2D eigenvalue weighted by Gasteiger charge is -2.27. The summed E-state index contributed by atoms with van der Waals surface area (Å²) < 4.78 is 17.6. The highest BCUT2D eigenvalue weighted by atomic mass is 16.5. The second-order valence-electron chi connectivity index (χ2n) is 10.8. The van der Waals surface area contributed by atoms with E-state index < -0.39 is 5.60 Å². The van der Waals surface area contributed by atoms with E-state index in [0.717, 1.165) is 94.1 Å². The number of aryl methyl sites for hydroxylation is 1. The average Bonchev–Trinajstić information content (AvgIpc) is 3.24. The lowest BCUT2D eigenvalue weighted by Crippen LogP contribution is -2.37. The molecule has 0 aliphatic carbocycles. The smallest absolute Gasteiger partial charge is 0.222 e. The lowest BCUT2D eigenvalue weighted by atomic mass is 9.96. The number of likely N-dealkylation sites (tertiary alicyclic amines) is 2. The molecule has 1 amide bonds. The fourth-order valence-corrected chi connectivity index (χ4v) is 5.29. The first-order valence-corrected chi connectivity index (χ1v) is 14.2. The molecule has 38 heavy (non-hydrogen) atoms. The molecule has 1 atom stereocenters. The second kappa shape index (κ2) is 13.9. The van der Waals surface area contributed by atoms with Crippen molar-refractivity contribution < 1.29 is 24.1 Å². The molecule has 2 aromatic rings. The second-order valence-corrected chi connectivity index (χ2v) is 10.8. The third kappa shape index (κ3) is 8.37. The Hall–Kier alpha value is -2.77. The van der Waals surface area contributed by atoms with Gasteiger partial charge in [0.15, 0.2) is 11.5 Å². The summed E-state index contributed by atoms with van der Waals surface area (Å²) >= 11 is 0. The van der Waals surface area contributed by atoms with Crippen LogP contribution in [0.3, 0.4) is 0 Å². The number of benzene rings is 2. The van der Waals surface area contributed by atoms with E-state index in [1.807, 2.05) is 35.2 Å². The molecule has 0 unspecified atom stereocenters. The van der Waals surface area contributed by atoms with Gasteiger partial charge in [-0.25, -0.2) is 0 Å². The van der Waals surface area contributed by atoms with Crippen molar-refractivity contribution in [2.24, 2.45) is 0 Å². The minimum absolute atomic E-state index is 0.271. The van der Waals surface area contributed by atoms with Crippen molar-refractivity contribution in [1.82, 2.24) is 9.80 Å². The Balaban J connectivity index is 1.26. The molecule has 208 valence electrons. The molecule has 2 aliphatic heterocycles. The van der Waals surface area contributed by atoms with E-state index in [-0.39, 0.29) is 5.91 Å². The van der Waals surface area contributed by atoms with Gasteiger partial charge in [-0.2, -0.15) is 0 Å². The summed E-state index contributed by atoms with van der Waals surface area (Å²) in [7, 11) is 1.66. The molecule has 1 N–H and O–H groups in total. The maximum absolute atomic E-state index is 12.2. The fourth-order valence-electron chi connectivity index (χ4n) is 5.29. The highest BCUT2D eigenvalue weighted by Crippen LogP contribution is 2.30. The van der Waals surface area contributed by atoms with Crippen LogP contribution in [0.1, 0.15) is 62.5 Å². The van der Waals surface area contributed by atoms with Crippen molar-refractivity contribution in [3.8, 4) is 17.2 Å². The van der Waals surface area contributed by atoms with E-state index >= 15 is 0 Å². The van der Waals surface area contributed by atoms with E-state index in [9.17, 15) is 9.90 Å². The third-order valence-corrected chi connectivity index (χ3v) is 7.67. The van der Waals surface area contributed by atoms with Crippen molar-refractivity contribution in [3.05, 3.63) is 53.6 Å². The van der Waals surface area contributed by atoms with E-state index in [4.69, 9.17) is 14.2 Å². The highest BCUT2D eigenvalue weighted by molar-refractivity contribution is 5.76. The van der Waals surface area contributed by atoms with Crippen LogP contribution in [0, 0.1) is 6.92 Å². The van der Waals surface area contributed by atoms with Crippen LogP contribution in [0.5, 0.6) is 17.2 Å². The summed E-state index contributed by atoms with van der Waals surface area (Å²) in [5.41, 5.74) is 1.53. The van der Waals surface area contributed by atoms with Gasteiger partial charge in [-0.05, 0) is 81.8 Å². The van der Waals surface area contributed by atoms with Crippen molar-refractivity contribution in [1.29, 1.82) is 0 Å². The zero-order valence-corrected chi connectivity index (χ0v) is 23.1. The largest absolute Gasteiger partial charge is 0.493 e. The van der Waals surface area contributed by atoms with Crippen LogP contribution < -0.4 is 14.2 Å². The minimum atomic E-state index is -0.817. The Morgan fingerprint density at radius 2 is 1.76 bits per heavy atom. The maximum atomic E-state index is 12.2. The highest BCUT2D eigenvalue weighted by Gasteiger charge is 2.31. The van der Waals surface area contributed by atoms with Gasteiger partial charge in [0.1, 0.15) is 12.4 Å². The standard InChI is InChI=1S/C31H44N2O5/c1-25-9-12-27(13-10-25)38-24-31(35)15-6-17-32(20-16-31)23-26-11-14-28(36-2)29(22-26)37-21-7-19-33-18-5-3-4-8-30(33)34/h9-14,22,35H,3-8,15-21,23-24H2,1-2H3/t31-/m1/s1. The number of methoxy groups -OCH3 is 1. The molecule has 2 aromatic carbocycles. The molecule has 0 bridgehead atoms. The van der Waals surface area contributed by atoms with Gasteiger partial charge in [-0.15, -0.1) is 0 Å². The summed E-state index contributed by atoms with van der Waals surface area (Å²) in [4.78, 5) is 16.6. The fraction of sp³-hybridized carbons (Fsp3) is 0.581. The maximum Gasteiger partial charge on any atom is 0.222 e. The number of hydrogen-bond acceptors (Lipinski definition) is 6. The number of carbonyl (C=O) groups excluding carboxylic acids is 1. The Bertz CT molecular complexity index is 1030. The lowest BCUT2D eigenvalue weighted by molar-refractivity contribution is -0.130. The Morgan fingerprint density at radius 1 is 0.921 bits per heavy atom. The Morgan fingerprint density at radius 3 is 2.58 bits per heavy atom. The van der Waals surface area contributed by atoms with Crippen LogP contribution in [0.25, 0.3) is 0 Å². The molecule has 0 saturated carbocycles. The molecule has 0 radical (unpaired) electrons. The normalized spacial score (nSPS) is 21.0.